The Bertz CT molecular complexity index is 527. The van der Waals surface area contributed by atoms with Gasteiger partial charge in [0.15, 0.2) is 9.84 Å². The maximum atomic E-state index is 11.6. The summed E-state index contributed by atoms with van der Waals surface area (Å²) in [6.07, 6.45) is 1.22. The zero-order valence-corrected chi connectivity index (χ0v) is 11.8. The van der Waals surface area contributed by atoms with E-state index in [1.807, 2.05) is 0 Å². The number of aromatic nitrogens is 2. The van der Waals surface area contributed by atoms with Crippen molar-refractivity contribution in [2.24, 2.45) is 5.84 Å². The molecule has 0 saturated carbocycles. The number of nitrogens with zero attached hydrogens (tertiary/aromatic N) is 2. The zero-order chi connectivity index (χ0) is 14.0. The zero-order valence-electron chi connectivity index (χ0n) is 11.0. The largest absolute Gasteiger partial charge is 0.368 e. The van der Waals surface area contributed by atoms with Crippen molar-refractivity contribution in [3.05, 3.63) is 11.8 Å². The van der Waals surface area contributed by atoms with Crippen molar-refractivity contribution in [3.8, 4) is 0 Å². The molecule has 0 aliphatic rings. The lowest BCUT2D eigenvalue weighted by molar-refractivity contribution is 0.559. The molecule has 0 aromatic carbocycles. The predicted octanol–water partition coefficient (Wildman–Crippen LogP) is 0.306. The Morgan fingerprint density at radius 2 is 2.00 bits per heavy atom. The Hall–Kier alpha value is -1.41. The van der Waals surface area contributed by atoms with E-state index < -0.39 is 14.6 Å². The standard InChI is InChI=1S/C10H19N5O2S/c1-7-5-8(14-9(13-7)15-11)12-6-10(2,3)18(4,16)17/h5H,6,11H2,1-4H3,(H2,12,13,14,15). The van der Waals surface area contributed by atoms with E-state index >= 15 is 0 Å². The molecule has 7 nitrogen and oxygen atoms in total. The van der Waals surface area contributed by atoms with Crippen LogP contribution in [0.3, 0.4) is 0 Å². The van der Waals surface area contributed by atoms with Gasteiger partial charge in [0.25, 0.3) is 0 Å². The molecular formula is C10H19N5O2S. The number of rotatable bonds is 5. The maximum absolute atomic E-state index is 11.6. The van der Waals surface area contributed by atoms with Gasteiger partial charge < -0.3 is 5.32 Å². The fraction of sp³-hybridized carbons (Fsp3) is 0.600. The van der Waals surface area contributed by atoms with Crippen LogP contribution in [-0.2, 0) is 9.84 Å². The van der Waals surface area contributed by atoms with Crippen molar-refractivity contribution >= 4 is 21.6 Å². The number of hydrogen-bond donors (Lipinski definition) is 3. The first kappa shape index (κ1) is 14.7. The van der Waals surface area contributed by atoms with Crippen molar-refractivity contribution in [2.45, 2.75) is 25.5 Å². The Labute approximate surface area is 107 Å². The van der Waals surface area contributed by atoms with E-state index in [-0.39, 0.29) is 12.5 Å². The summed E-state index contributed by atoms with van der Waals surface area (Å²) in [5.74, 6) is 6.06. The molecule has 102 valence electrons. The quantitative estimate of drug-likeness (QED) is 0.523. The highest BCUT2D eigenvalue weighted by molar-refractivity contribution is 7.92. The lowest BCUT2D eigenvalue weighted by atomic mass is 10.2. The number of aryl methyl sites for hydroxylation is 1. The van der Waals surface area contributed by atoms with E-state index in [9.17, 15) is 8.42 Å². The summed E-state index contributed by atoms with van der Waals surface area (Å²) in [4.78, 5) is 8.12. The smallest absolute Gasteiger partial charge is 0.239 e. The number of sulfone groups is 1. The van der Waals surface area contributed by atoms with Crippen LogP contribution in [0.4, 0.5) is 11.8 Å². The number of nitrogens with two attached hydrogens (primary N) is 1. The molecule has 0 fully saturated rings. The highest BCUT2D eigenvalue weighted by Gasteiger charge is 2.29. The second-order valence-electron chi connectivity index (χ2n) is 4.75. The molecule has 1 heterocycles. The molecule has 1 aromatic rings. The van der Waals surface area contributed by atoms with Crippen LogP contribution >= 0.6 is 0 Å². The van der Waals surface area contributed by atoms with Gasteiger partial charge in [-0.1, -0.05) is 0 Å². The van der Waals surface area contributed by atoms with Gasteiger partial charge in [-0.05, 0) is 20.8 Å². The van der Waals surface area contributed by atoms with Crippen molar-refractivity contribution in [1.29, 1.82) is 0 Å². The summed E-state index contributed by atoms with van der Waals surface area (Å²) in [5, 5.41) is 2.98. The molecular weight excluding hydrogens is 254 g/mol. The molecule has 0 amide bonds. The first-order valence-corrected chi connectivity index (χ1v) is 7.30. The maximum Gasteiger partial charge on any atom is 0.239 e. The molecule has 0 aliphatic heterocycles. The Kier molecular flexibility index (Phi) is 4.12. The third-order valence-corrected chi connectivity index (χ3v) is 4.83. The van der Waals surface area contributed by atoms with E-state index in [0.29, 0.717) is 5.82 Å². The molecule has 18 heavy (non-hydrogen) atoms. The third kappa shape index (κ3) is 3.54. The first-order chi connectivity index (χ1) is 8.15. The molecule has 8 heteroatoms. The summed E-state index contributed by atoms with van der Waals surface area (Å²) < 4.78 is 22.2. The van der Waals surface area contributed by atoms with E-state index in [2.05, 4.69) is 20.7 Å². The second-order valence-corrected chi connectivity index (χ2v) is 7.40. The van der Waals surface area contributed by atoms with Crippen LogP contribution in [0.2, 0.25) is 0 Å². The topological polar surface area (TPSA) is 110 Å². The highest BCUT2D eigenvalue weighted by Crippen LogP contribution is 2.16. The van der Waals surface area contributed by atoms with Gasteiger partial charge in [-0.3, -0.25) is 5.43 Å². The summed E-state index contributed by atoms with van der Waals surface area (Å²) in [6.45, 7) is 5.37. The summed E-state index contributed by atoms with van der Waals surface area (Å²) in [7, 11) is -3.14. The van der Waals surface area contributed by atoms with E-state index in [0.717, 1.165) is 5.69 Å². The minimum atomic E-state index is -3.14. The van der Waals surface area contributed by atoms with Gasteiger partial charge in [0.1, 0.15) is 5.82 Å². The van der Waals surface area contributed by atoms with Crippen molar-refractivity contribution in [1.82, 2.24) is 9.97 Å². The van der Waals surface area contributed by atoms with Crippen LogP contribution in [-0.4, -0.2) is 35.9 Å². The average molecular weight is 273 g/mol. The number of nitrogen functional groups attached to an aromatic ring is 1. The number of anilines is 2. The van der Waals surface area contributed by atoms with Crippen LogP contribution in [0.5, 0.6) is 0 Å². The number of hydrogen-bond acceptors (Lipinski definition) is 7. The van der Waals surface area contributed by atoms with Crippen molar-refractivity contribution in [3.63, 3.8) is 0 Å². The minimum Gasteiger partial charge on any atom is -0.368 e. The lowest BCUT2D eigenvalue weighted by Crippen LogP contribution is -2.38. The molecule has 0 saturated heterocycles. The van der Waals surface area contributed by atoms with Crippen LogP contribution in [0.1, 0.15) is 19.5 Å². The Morgan fingerprint density at radius 3 is 2.50 bits per heavy atom. The van der Waals surface area contributed by atoms with E-state index in [4.69, 9.17) is 5.84 Å². The molecule has 0 atom stereocenters. The molecule has 4 N–H and O–H groups in total. The monoisotopic (exact) mass is 273 g/mol. The van der Waals surface area contributed by atoms with Crippen LogP contribution in [0.15, 0.2) is 6.07 Å². The fourth-order valence-electron chi connectivity index (χ4n) is 1.16. The number of nitrogens with one attached hydrogen (secondary N) is 2. The molecule has 1 rings (SSSR count). The summed E-state index contributed by atoms with van der Waals surface area (Å²) in [5.41, 5.74) is 3.09. The normalized spacial score (nSPS) is 12.3. The van der Waals surface area contributed by atoms with Gasteiger partial charge in [0, 0.05) is 24.6 Å². The average Bonchev–Trinajstić information content (AvgIpc) is 2.24. The minimum absolute atomic E-state index is 0.256. The predicted molar refractivity (Wildman–Crippen MR) is 72.0 cm³/mol. The summed E-state index contributed by atoms with van der Waals surface area (Å²) in [6, 6.07) is 1.72. The van der Waals surface area contributed by atoms with E-state index in [1.54, 1.807) is 26.8 Å². The van der Waals surface area contributed by atoms with Crippen molar-refractivity contribution in [2.75, 3.05) is 23.5 Å². The first-order valence-electron chi connectivity index (χ1n) is 5.41. The highest BCUT2D eigenvalue weighted by atomic mass is 32.2. The van der Waals surface area contributed by atoms with Gasteiger partial charge in [-0.15, -0.1) is 0 Å². The van der Waals surface area contributed by atoms with Gasteiger partial charge >= 0.3 is 0 Å². The van der Waals surface area contributed by atoms with Crippen LogP contribution in [0, 0.1) is 6.92 Å². The lowest BCUT2D eigenvalue weighted by Gasteiger charge is -2.23. The SMILES string of the molecule is Cc1cc(NCC(C)(C)S(C)(=O)=O)nc(NN)n1. The molecule has 0 spiro atoms. The fourth-order valence-corrected chi connectivity index (χ4v) is 1.49. The van der Waals surface area contributed by atoms with Crippen molar-refractivity contribution < 1.29 is 8.42 Å². The third-order valence-electron chi connectivity index (χ3n) is 2.68. The molecule has 0 aliphatic carbocycles. The van der Waals surface area contributed by atoms with Gasteiger partial charge in [0.2, 0.25) is 5.95 Å². The Morgan fingerprint density at radius 1 is 1.39 bits per heavy atom. The number of hydrazine groups is 1. The second kappa shape index (κ2) is 5.07. The molecule has 0 bridgehead atoms. The Balaban J connectivity index is 2.84. The van der Waals surface area contributed by atoms with Gasteiger partial charge in [-0.25, -0.2) is 19.2 Å². The molecule has 0 radical (unpaired) electrons. The summed E-state index contributed by atoms with van der Waals surface area (Å²) >= 11 is 0. The van der Waals surface area contributed by atoms with E-state index in [1.165, 1.54) is 6.26 Å². The molecule has 1 aromatic heterocycles. The van der Waals surface area contributed by atoms with Crippen LogP contribution < -0.4 is 16.6 Å². The van der Waals surface area contributed by atoms with Crippen LogP contribution in [0.25, 0.3) is 0 Å². The van der Waals surface area contributed by atoms with Gasteiger partial charge in [0.05, 0.1) is 4.75 Å². The van der Waals surface area contributed by atoms with Gasteiger partial charge in [-0.2, -0.15) is 4.98 Å². The molecule has 0 unspecified atom stereocenters.